The molecule has 1 fully saturated rings. The van der Waals surface area contributed by atoms with E-state index in [0.717, 1.165) is 36.6 Å². The van der Waals surface area contributed by atoms with Gasteiger partial charge in [0.1, 0.15) is 11.5 Å². The molecule has 0 saturated heterocycles. The average molecular weight is 294 g/mol. The van der Waals surface area contributed by atoms with Crippen molar-refractivity contribution in [2.75, 3.05) is 5.32 Å². The number of benzene rings is 1. The van der Waals surface area contributed by atoms with E-state index >= 15 is 0 Å². The van der Waals surface area contributed by atoms with Crippen molar-refractivity contribution in [1.29, 1.82) is 0 Å². The third kappa shape index (κ3) is 2.39. The van der Waals surface area contributed by atoms with Crippen LogP contribution in [-0.2, 0) is 6.54 Å². The molecule has 1 aromatic carbocycles. The maximum atomic E-state index is 4.91. The number of amidine groups is 1. The molecule has 1 spiro atoms. The van der Waals surface area contributed by atoms with E-state index in [1.165, 1.54) is 24.8 Å². The largest absolute Gasteiger partial charge is 0.370 e. The zero-order valence-electron chi connectivity index (χ0n) is 12.7. The molecular weight excluding hydrogens is 272 g/mol. The van der Waals surface area contributed by atoms with Crippen molar-refractivity contribution in [3.63, 3.8) is 0 Å². The monoisotopic (exact) mass is 294 g/mol. The van der Waals surface area contributed by atoms with E-state index in [1.807, 2.05) is 12.4 Å². The van der Waals surface area contributed by atoms with Crippen LogP contribution in [0.25, 0.3) is 0 Å². The normalized spacial score (nSPS) is 19.2. The molecule has 4 rings (SSSR count). The minimum absolute atomic E-state index is 0.0117. The van der Waals surface area contributed by atoms with Gasteiger partial charge in [-0.3, -0.25) is 0 Å². The summed E-state index contributed by atoms with van der Waals surface area (Å²) in [6.07, 6.45) is 10.1. The van der Waals surface area contributed by atoms with Crippen molar-refractivity contribution in [3.05, 3.63) is 48.3 Å². The van der Waals surface area contributed by atoms with Crippen LogP contribution in [0, 0.1) is 0 Å². The predicted octanol–water partition coefficient (Wildman–Crippen LogP) is 3.96. The van der Waals surface area contributed by atoms with Crippen molar-refractivity contribution >= 4 is 17.2 Å². The molecule has 2 aromatic rings. The first-order valence-corrected chi connectivity index (χ1v) is 8.18. The molecule has 2 aliphatic rings. The van der Waals surface area contributed by atoms with Crippen molar-refractivity contribution in [3.8, 4) is 0 Å². The molecule has 0 radical (unpaired) electrons. The number of aromatic amines is 1. The van der Waals surface area contributed by atoms with E-state index in [-0.39, 0.29) is 5.54 Å². The first-order valence-electron chi connectivity index (χ1n) is 8.18. The molecule has 114 valence electrons. The third-order valence-electron chi connectivity index (χ3n) is 4.79. The smallest absolute Gasteiger partial charge is 0.128 e. The lowest BCUT2D eigenvalue weighted by molar-refractivity contribution is 0.396. The van der Waals surface area contributed by atoms with E-state index in [4.69, 9.17) is 4.99 Å². The molecule has 22 heavy (non-hydrogen) atoms. The van der Waals surface area contributed by atoms with Crippen molar-refractivity contribution in [2.45, 2.75) is 44.2 Å². The quantitative estimate of drug-likeness (QED) is 0.785. The van der Waals surface area contributed by atoms with Crippen LogP contribution in [-0.4, -0.2) is 16.4 Å². The number of rotatable bonds is 2. The number of hydrogen-bond donors (Lipinski definition) is 3. The SMILES string of the molecule is c1ccc(CNC2=Nc3c[nH]cc3NC23CCCCC3)cc1. The van der Waals surface area contributed by atoms with Crippen LogP contribution in [0.5, 0.6) is 0 Å². The molecule has 4 heteroatoms. The van der Waals surface area contributed by atoms with E-state index < -0.39 is 0 Å². The summed E-state index contributed by atoms with van der Waals surface area (Å²) in [5.74, 6) is 1.10. The maximum absolute atomic E-state index is 4.91. The van der Waals surface area contributed by atoms with Gasteiger partial charge in [-0.2, -0.15) is 0 Å². The molecule has 3 N–H and O–H groups in total. The Morgan fingerprint density at radius 3 is 2.68 bits per heavy atom. The van der Waals surface area contributed by atoms with E-state index in [1.54, 1.807) is 0 Å². The second-order valence-electron chi connectivity index (χ2n) is 6.32. The highest BCUT2D eigenvalue weighted by molar-refractivity contribution is 6.00. The van der Waals surface area contributed by atoms with Gasteiger partial charge >= 0.3 is 0 Å². The van der Waals surface area contributed by atoms with Gasteiger partial charge in [0, 0.05) is 18.9 Å². The van der Waals surface area contributed by atoms with E-state index in [9.17, 15) is 0 Å². The first-order chi connectivity index (χ1) is 10.9. The van der Waals surface area contributed by atoms with Crippen LogP contribution >= 0.6 is 0 Å². The summed E-state index contributed by atoms with van der Waals surface area (Å²) < 4.78 is 0. The minimum Gasteiger partial charge on any atom is -0.370 e. The first kappa shape index (κ1) is 13.4. The fraction of sp³-hybridized carbons (Fsp3) is 0.389. The minimum atomic E-state index is -0.0117. The van der Waals surface area contributed by atoms with Crippen molar-refractivity contribution in [2.24, 2.45) is 4.99 Å². The van der Waals surface area contributed by atoms with E-state index in [2.05, 4.69) is 45.9 Å². The molecular formula is C18H22N4. The highest BCUT2D eigenvalue weighted by Crippen LogP contribution is 2.40. The summed E-state index contributed by atoms with van der Waals surface area (Å²) in [5.41, 5.74) is 3.41. The van der Waals surface area contributed by atoms with Gasteiger partial charge in [0.25, 0.3) is 0 Å². The zero-order chi connectivity index (χ0) is 14.8. The number of nitrogens with one attached hydrogen (secondary N) is 3. The Balaban J connectivity index is 1.61. The molecule has 4 nitrogen and oxygen atoms in total. The summed E-state index contributed by atoms with van der Waals surface area (Å²) in [6, 6.07) is 10.5. The Morgan fingerprint density at radius 2 is 1.86 bits per heavy atom. The van der Waals surface area contributed by atoms with Crippen molar-refractivity contribution < 1.29 is 0 Å². The van der Waals surface area contributed by atoms with Gasteiger partial charge in [-0.05, 0) is 18.4 Å². The Hall–Kier alpha value is -2.23. The molecule has 0 amide bonds. The van der Waals surface area contributed by atoms with Crippen LogP contribution in [0.4, 0.5) is 11.4 Å². The topological polar surface area (TPSA) is 52.2 Å². The number of H-pyrrole nitrogens is 1. The fourth-order valence-corrected chi connectivity index (χ4v) is 3.60. The van der Waals surface area contributed by atoms with Crippen molar-refractivity contribution in [1.82, 2.24) is 10.3 Å². The number of nitrogens with zero attached hydrogens (tertiary/aromatic N) is 1. The summed E-state index contributed by atoms with van der Waals surface area (Å²) in [5, 5.41) is 7.36. The summed E-state index contributed by atoms with van der Waals surface area (Å²) in [6.45, 7) is 0.822. The van der Waals surface area contributed by atoms with Crippen LogP contribution in [0.1, 0.15) is 37.7 Å². The van der Waals surface area contributed by atoms with Gasteiger partial charge in [0.15, 0.2) is 0 Å². The lowest BCUT2D eigenvalue weighted by Crippen LogP contribution is -2.54. The molecule has 1 aromatic heterocycles. The Morgan fingerprint density at radius 1 is 1.05 bits per heavy atom. The molecule has 1 saturated carbocycles. The predicted molar refractivity (Wildman–Crippen MR) is 90.6 cm³/mol. The molecule has 0 atom stereocenters. The summed E-state index contributed by atoms with van der Waals surface area (Å²) >= 11 is 0. The van der Waals surface area contributed by atoms with Gasteiger partial charge in [-0.15, -0.1) is 0 Å². The van der Waals surface area contributed by atoms with Crippen LogP contribution < -0.4 is 10.6 Å². The van der Waals surface area contributed by atoms with Gasteiger partial charge < -0.3 is 15.6 Å². The number of fused-ring (bicyclic) bond motifs is 1. The zero-order valence-corrected chi connectivity index (χ0v) is 12.7. The van der Waals surface area contributed by atoms with Crippen LogP contribution in [0.3, 0.4) is 0 Å². The maximum Gasteiger partial charge on any atom is 0.128 e. The highest BCUT2D eigenvalue weighted by Gasteiger charge is 2.40. The molecule has 2 heterocycles. The standard InChI is InChI=1S/C18H22N4/c1-3-7-14(8-4-1)11-20-17-18(9-5-2-6-10-18)22-16-13-19-12-15(16)21-17/h1,3-4,7-8,12-13,19,22H,2,5-6,9-11H2,(H,20,21). The lowest BCUT2D eigenvalue weighted by atomic mass is 9.79. The average Bonchev–Trinajstić information content (AvgIpc) is 3.01. The molecule has 0 unspecified atom stereocenters. The van der Waals surface area contributed by atoms with E-state index in [0.29, 0.717) is 0 Å². The number of anilines is 1. The summed E-state index contributed by atoms with van der Waals surface area (Å²) in [7, 11) is 0. The highest BCUT2D eigenvalue weighted by atomic mass is 15.2. The van der Waals surface area contributed by atoms with Gasteiger partial charge in [0.05, 0.1) is 11.2 Å². The number of aliphatic imine (C=N–C) groups is 1. The Labute approximate surface area is 131 Å². The second kappa shape index (κ2) is 5.52. The van der Waals surface area contributed by atoms with Gasteiger partial charge in [-0.25, -0.2) is 4.99 Å². The number of aromatic nitrogens is 1. The fourth-order valence-electron chi connectivity index (χ4n) is 3.60. The van der Waals surface area contributed by atoms with Crippen LogP contribution in [0.2, 0.25) is 0 Å². The number of hydrogen-bond acceptors (Lipinski definition) is 3. The second-order valence-corrected chi connectivity index (χ2v) is 6.32. The summed E-state index contributed by atoms with van der Waals surface area (Å²) in [4.78, 5) is 8.07. The Kier molecular flexibility index (Phi) is 3.37. The molecule has 0 bridgehead atoms. The lowest BCUT2D eigenvalue weighted by Gasteiger charge is -2.42. The molecule has 1 aliphatic carbocycles. The molecule has 1 aliphatic heterocycles. The van der Waals surface area contributed by atoms with Gasteiger partial charge in [-0.1, -0.05) is 49.6 Å². The van der Waals surface area contributed by atoms with Crippen LogP contribution in [0.15, 0.2) is 47.7 Å². The Bertz CT molecular complexity index is 665. The third-order valence-corrected chi connectivity index (χ3v) is 4.79. The van der Waals surface area contributed by atoms with Gasteiger partial charge in [0.2, 0.25) is 0 Å².